The normalized spacial score (nSPS) is 21.9. The van der Waals surface area contributed by atoms with E-state index in [1.54, 1.807) is 6.07 Å². The van der Waals surface area contributed by atoms with Gasteiger partial charge in [-0.25, -0.2) is 4.39 Å². The Bertz CT molecular complexity index is 471. The lowest BCUT2D eigenvalue weighted by atomic mass is 9.99. The second kappa shape index (κ2) is 5.80. The zero-order valence-electron chi connectivity index (χ0n) is 13.0. The zero-order valence-corrected chi connectivity index (χ0v) is 13.0. The molecule has 2 rings (SSSR count). The van der Waals surface area contributed by atoms with Crippen molar-refractivity contribution in [3.8, 4) is 0 Å². The Kier molecular flexibility index (Phi) is 4.47. The maximum atomic E-state index is 14.1. The molecule has 0 spiro atoms. The molecule has 20 heavy (non-hydrogen) atoms. The van der Waals surface area contributed by atoms with Gasteiger partial charge in [0, 0.05) is 43.3 Å². The van der Waals surface area contributed by atoms with E-state index < -0.39 is 0 Å². The summed E-state index contributed by atoms with van der Waals surface area (Å²) < 4.78 is 14.1. The van der Waals surface area contributed by atoms with Crippen LogP contribution >= 0.6 is 0 Å². The van der Waals surface area contributed by atoms with Crippen LogP contribution in [0.25, 0.3) is 0 Å². The molecule has 2 N–H and O–H groups in total. The summed E-state index contributed by atoms with van der Waals surface area (Å²) in [5.74, 6) is -0.142. The summed E-state index contributed by atoms with van der Waals surface area (Å²) in [5.41, 5.74) is 7.54. The number of piperazine rings is 1. The minimum atomic E-state index is -0.142. The average molecular weight is 279 g/mol. The van der Waals surface area contributed by atoms with E-state index in [9.17, 15) is 4.39 Å². The average Bonchev–Trinajstić information content (AvgIpc) is 2.35. The molecule has 0 bridgehead atoms. The fourth-order valence-electron chi connectivity index (χ4n) is 2.69. The van der Waals surface area contributed by atoms with Gasteiger partial charge in [0.25, 0.3) is 0 Å². The van der Waals surface area contributed by atoms with Crippen LogP contribution in [0.5, 0.6) is 0 Å². The van der Waals surface area contributed by atoms with Gasteiger partial charge in [0.15, 0.2) is 0 Å². The van der Waals surface area contributed by atoms with Crippen LogP contribution in [0.15, 0.2) is 18.2 Å². The number of benzene rings is 1. The van der Waals surface area contributed by atoms with E-state index in [1.165, 1.54) is 0 Å². The van der Waals surface area contributed by atoms with Gasteiger partial charge in [-0.15, -0.1) is 0 Å². The monoisotopic (exact) mass is 279 g/mol. The summed E-state index contributed by atoms with van der Waals surface area (Å²) in [6.07, 6.45) is 0. The van der Waals surface area contributed by atoms with Crippen molar-refractivity contribution in [2.75, 3.05) is 26.7 Å². The van der Waals surface area contributed by atoms with Gasteiger partial charge < -0.3 is 5.73 Å². The van der Waals surface area contributed by atoms with E-state index in [4.69, 9.17) is 5.73 Å². The van der Waals surface area contributed by atoms with E-state index >= 15 is 0 Å². The number of rotatable bonds is 3. The Morgan fingerprint density at radius 1 is 1.35 bits per heavy atom. The Hall–Kier alpha value is -0.970. The molecule has 3 nitrogen and oxygen atoms in total. The van der Waals surface area contributed by atoms with Gasteiger partial charge in [-0.1, -0.05) is 12.1 Å². The van der Waals surface area contributed by atoms with Crippen LogP contribution in [0, 0.1) is 5.82 Å². The standard InChI is InChI=1S/C16H26FN3/c1-12(18)13-5-6-14(15(17)9-13)10-20-8-7-19(4)16(2,3)11-20/h5-6,9,12H,7-8,10-11,18H2,1-4H3. The van der Waals surface area contributed by atoms with Crippen molar-refractivity contribution in [3.63, 3.8) is 0 Å². The molecule has 1 aromatic carbocycles. The number of hydrogen-bond donors (Lipinski definition) is 1. The summed E-state index contributed by atoms with van der Waals surface area (Å²) in [6.45, 7) is 9.96. The fraction of sp³-hybridized carbons (Fsp3) is 0.625. The molecule has 1 aromatic rings. The van der Waals surface area contributed by atoms with E-state index in [1.807, 2.05) is 19.1 Å². The minimum absolute atomic E-state index is 0.124. The molecule has 0 aromatic heterocycles. The van der Waals surface area contributed by atoms with Gasteiger partial charge >= 0.3 is 0 Å². The summed E-state index contributed by atoms with van der Waals surface area (Å²) in [7, 11) is 2.15. The van der Waals surface area contributed by atoms with Crippen molar-refractivity contribution >= 4 is 0 Å². The molecule has 1 fully saturated rings. The first kappa shape index (κ1) is 15.4. The number of nitrogens with zero attached hydrogens (tertiary/aromatic N) is 2. The first-order valence-corrected chi connectivity index (χ1v) is 7.27. The van der Waals surface area contributed by atoms with Gasteiger partial charge in [-0.2, -0.15) is 0 Å². The molecule has 0 aliphatic carbocycles. The van der Waals surface area contributed by atoms with Crippen molar-refractivity contribution in [2.45, 2.75) is 38.9 Å². The van der Waals surface area contributed by atoms with Crippen LogP contribution < -0.4 is 5.73 Å². The lowest BCUT2D eigenvalue weighted by Crippen LogP contribution is -2.57. The molecule has 1 aliphatic heterocycles. The summed E-state index contributed by atoms with van der Waals surface area (Å²) in [4.78, 5) is 4.68. The maximum Gasteiger partial charge on any atom is 0.128 e. The Morgan fingerprint density at radius 2 is 2.05 bits per heavy atom. The lowest BCUT2D eigenvalue weighted by molar-refractivity contribution is 0.0355. The molecular weight excluding hydrogens is 253 g/mol. The Labute approximate surface area is 121 Å². The number of likely N-dealkylation sites (N-methyl/N-ethyl adjacent to an activating group) is 1. The first-order valence-electron chi connectivity index (χ1n) is 7.27. The highest BCUT2D eigenvalue weighted by atomic mass is 19.1. The summed E-state index contributed by atoms with van der Waals surface area (Å²) >= 11 is 0. The van der Waals surface area contributed by atoms with Crippen molar-refractivity contribution in [1.82, 2.24) is 9.80 Å². The van der Waals surface area contributed by atoms with Crippen LogP contribution in [0.3, 0.4) is 0 Å². The van der Waals surface area contributed by atoms with E-state index in [-0.39, 0.29) is 17.4 Å². The van der Waals surface area contributed by atoms with E-state index in [2.05, 4.69) is 30.7 Å². The predicted octanol–water partition coefficient (Wildman–Crippen LogP) is 2.37. The van der Waals surface area contributed by atoms with Crippen molar-refractivity contribution < 1.29 is 4.39 Å². The third-order valence-electron chi connectivity index (χ3n) is 4.39. The molecule has 1 heterocycles. The molecular formula is C16H26FN3. The van der Waals surface area contributed by atoms with E-state index in [0.29, 0.717) is 6.54 Å². The fourth-order valence-corrected chi connectivity index (χ4v) is 2.69. The topological polar surface area (TPSA) is 32.5 Å². The van der Waals surface area contributed by atoms with Crippen LogP contribution in [-0.2, 0) is 6.54 Å². The molecule has 0 amide bonds. The molecule has 1 saturated heterocycles. The molecule has 1 aliphatic rings. The molecule has 1 atom stereocenters. The Balaban J connectivity index is 2.07. The maximum absolute atomic E-state index is 14.1. The Morgan fingerprint density at radius 3 is 2.60 bits per heavy atom. The predicted molar refractivity (Wildman–Crippen MR) is 81.0 cm³/mol. The number of halogens is 1. The van der Waals surface area contributed by atoms with Crippen LogP contribution in [0.4, 0.5) is 4.39 Å². The van der Waals surface area contributed by atoms with Crippen molar-refractivity contribution in [2.24, 2.45) is 5.73 Å². The second-order valence-corrected chi connectivity index (χ2v) is 6.58. The van der Waals surface area contributed by atoms with Gasteiger partial charge in [-0.05, 0) is 39.4 Å². The minimum Gasteiger partial charge on any atom is -0.324 e. The van der Waals surface area contributed by atoms with Crippen LogP contribution in [0.2, 0.25) is 0 Å². The van der Waals surface area contributed by atoms with Gasteiger partial charge in [-0.3, -0.25) is 9.80 Å². The van der Waals surface area contributed by atoms with Crippen molar-refractivity contribution in [1.29, 1.82) is 0 Å². The van der Waals surface area contributed by atoms with Crippen LogP contribution in [-0.4, -0.2) is 42.0 Å². The second-order valence-electron chi connectivity index (χ2n) is 6.58. The molecule has 1 unspecified atom stereocenters. The highest BCUT2D eigenvalue weighted by molar-refractivity contribution is 5.26. The summed E-state index contributed by atoms with van der Waals surface area (Å²) in [6, 6.07) is 5.26. The highest BCUT2D eigenvalue weighted by Gasteiger charge is 2.31. The zero-order chi connectivity index (χ0) is 14.9. The van der Waals surface area contributed by atoms with Crippen molar-refractivity contribution in [3.05, 3.63) is 35.1 Å². The van der Waals surface area contributed by atoms with Crippen LogP contribution in [0.1, 0.15) is 37.9 Å². The quantitative estimate of drug-likeness (QED) is 0.922. The van der Waals surface area contributed by atoms with Gasteiger partial charge in [0.1, 0.15) is 5.82 Å². The first-order chi connectivity index (χ1) is 9.29. The smallest absolute Gasteiger partial charge is 0.128 e. The van der Waals surface area contributed by atoms with Gasteiger partial charge in [0.2, 0.25) is 0 Å². The third-order valence-corrected chi connectivity index (χ3v) is 4.39. The molecule has 112 valence electrons. The van der Waals surface area contributed by atoms with Gasteiger partial charge in [0.05, 0.1) is 0 Å². The number of nitrogens with two attached hydrogens (primary N) is 1. The SMILES string of the molecule is CC(N)c1ccc(CN2CCN(C)C(C)(C)C2)c(F)c1. The summed E-state index contributed by atoms with van der Waals surface area (Å²) in [5, 5.41) is 0. The third kappa shape index (κ3) is 3.37. The largest absolute Gasteiger partial charge is 0.324 e. The highest BCUT2D eigenvalue weighted by Crippen LogP contribution is 2.22. The van der Waals surface area contributed by atoms with E-state index in [0.717, 1.165) is 30.8 Å². The molecule has 0 radical (unpaired) electrons. The number of hydrogen-bond acceptors (Lipinski definition) is 3. The lowest BCUT2D eigenvalue weighted by Gasteiger charge is -2.45. The molecule has 0 saturated carbocycles. The molecule has 4 heteroatoms.